The number of rotatable bonds is 4. The molecular weight excluding hydrogens is 464 g/mol. The molecule has 0 bridgehead atoms. The quantitative estimate of drug-likeness (QED) is 0.555. The van der Waals surface area contributed by atoms with E-state index in [1.165, 1.54) is 6.92 Å². The third-order valence-electron chi connectivity index (χ3n) is 8.75. The van der Waals surface area contributed by atoms with Gasteiger partial charge in [-0.25, -0.2) is 0 Å². The lowest BCUT2D eigenvalue weighted by Crippen LogP contribution is -2.41. The maximum Gasteiger partial charge on any atom is 0.302 e. The average Bonchev–Trinajstić information content (AvgIpc) is 3.14. The molecule has 6 atom stereocenters. The molecule has 2 aromatic rings. The standard InChI is InChI=1S/C31H34N2O4/c1-18(34)36-28-15-25-30-22(14-24-26(35)11-19(17-33(3)4)12-27(24)37-30)7-9-31(25,2)29(28)21-6-5-20-8-10-32-16-23(20)13-21/h5-10,13-14,16,19,25,28-30H,11-12,15,17H2,1-4H3/t19?,25-,28+,29-,30+,31-/m0/s1. The van der Waals surface area contributed by atoms with Crippen LogP contribution >= 0.6 is 0 Å². The van der Waals surface area contributed by atoms with Crippen molar-refractivity contribution in [2.24, 2.45) is 17.3 Å². The van der Waals surface area contributed by atoms with E-state index < -0.39 is 0 Å². The van der Waals surface area contributed by atoms with Crippen LogP contribution in [0.5, 0.6) is 0 Å². The highest BCUT2D eigenvalue weighted by molar-refractivity contribution is 6.00. The van der Waals surface area contributed by atoms with Crippen LogP contribution in [0.2, 0.25) is 0 Å². The number of carbonyl (C=O) groups excluding carboxylic acids is 2. The summed E-state index contributed by atoms with van der Waals surface area (Å²) in [6.45, 7) is 4.61. The fourth-order valence-electron chi connectivity index (χ4n) is 7.24. The summed E-state index contributed by atoms with van der Waals surface area (Å²) in [5, 5.41) is 2.21. The Morgan fingerprint density at radius 1 is 1.22 bits per heavy atom. The molecule has 0 N–H and O–H groups in total. The van der Waals surface area contributed by atoms with Gasteiger partial charge in [-0.2, -0.15) is 0 Å². The van der Waals surface area contributed by atoms with Crippen LogP contribution in [0.15, 0.2) is 71.8 Å². The minimum Gasteiger partial charge on any atom is -0.489 e. The molecule has 1 saturated carbocycles. The Labute approximate surface area is 218 Å². The van der Waals surface area contributed by atoms with E-state index in [9.17, 15) is 9.59 Å². The van der Waals surface area contributed by atoms with E-state index in [4.69, 9.17) is 9.47 Å². The highest BCUT2D eigenvalue weighted by Gasteiger charge is 2.58. The van der Waals surface area contributed by atoms with Gasteiger partial charge in [-0.05, 0) is 61.2 Å². The molecule has 1 unspecified atom stereocenters. The Morgan fingerprint density at radius 3 is 2.84 bits per heavy atom. The Balaban J connectivity index is 1.38. The van der Waals surface area contributed by atoms with Crippen molar-refractivity contribution in [3.8, 4) is 0 Å². The Hall–Kier alpha value is -3.25. The van der Waals surface area contributed by atoms with Crippen molar-refractivity contribution in [2.75, 3.05) is 20.6 Å². The predicted octanol–water partition coefficient (Wildman–Crippen LogP) is 4.97. The van der Waals surface area contributed by atoms with Crippen molar-refractivity contribution < 1.29 is 19.1 Å². The van der Waals surface area contributed by atoms with E-state index in [1.807, 2.05) is 26.4 Å². The first kappa shape index (κ1) is 24.1. The molecule has 0 spiro atoms. The van der Waals surface area contributed by atoms with Gasteiger partial charge >= 0.3 is 5.97 Å². The minimum absolute atomic E-state index is 0.0164. The van der Waals surface area contributed by atoms with Crippen LogP contribution in [-0.4, -0.2) is 54.5 Å². The molecule has 192 valence electrons. The number of hydrogen-bond donors (Lipinski definition) is 0. The minimum atomic E-state index is -0.280. The lowest BCUT2D eigenvalue weighted by atomic mass is 9.64. The number of hydrogen-bond acceptors (Lipinski definition) is 6. The molecule has 6 rings (SSSR count). The first-order chi connectivity index (χ1) is 17.7. The lowest BCUT2D eigenvalue weighted by Gasteiger charge is -2.44. The number of carbonyl (C=O) groups is 2. The zero-order valence-electron chi connectivity index (χ0n) is 21.9. The Kier molecular flexibility index (Phi) is 5.83. The molecule has 1 aromatic heterocycles. The van der Waals surface area contributed by atoms with Crippen LogP contribution in [0.3, 0.4) is 0 Å². The molecule has 0 amide bonds. The molecule has 6 nitrogen and oxygen atoms in total. The van der Waals surface area contributed by atoms with E-state index in [0.717, 1.165) is 46.2 Å². The number of esters is 1. The van der Waals surface area contributed by atoms with Gasteiger partial charge in [0.2, 0.25) is 0 Å². The fraction of sp³-hybridized carbons (Fsp3) is 0.452. The van der Waals surface area contributed by atoms with Crippen LogP contribution in [0.4, 0.5) is 0 Å². The number of aromatic nitrogens is 1. The Bertz CT molecular complexity index is 1370. The monoisotopic (exact) mass is 498 g/mol. The number of nitrogens with zero attached hydrogens (tertiary/aromatic N) is 2. The van der Waals surface area contributed by atoms with E-state index >= 15 is 0 Å². The Morgan fingerprint density at radius 2 is 2.05 bits per heavy atom. The molecule has 1 aromatic carbocycles. The highest BCUT2D eigenvalue weighted by Crippen LogP contribution is 2.60. The van der Waals surface area contributed by atoms with E-state index in [2.05, 4.69) is 53.2 Å². The molecule has 4 aliphatic rings. The van der Waals surface area contributed by atoms with Gasteiger partial charge in [-0.3, -0.25) is 14.6 Å². The first-order valence-electron chi connectivity index (χ1n) is 13.2. The number of ether oxygens (including phenoxy) is 2. The molecule has 2 heterocycles. The predicted molar refractivity (Wildman–Crippen MR) is 142 cm³/mol. The first-order valence-corrected chi connectivity index (χ1v) is 13.2. The van der Waals surface area contributed by atoms with Crippen molar-refractivity contribution >= 4 is 22.5 Å². The van der Waals surface area contributed by atoms with Gasteiger partial charge in [0, 0.05) is 61.3 Å². The van der Waals surface area contributed by atoms with Gasteiger partial charge in [-0.1, -0.05) is 31.2 Å². The van der Waals surface area contributed by atoms with Gasteiger partial charge < -0.3 is 14.4 Å². The second-order valence-corrected chi connectivity index (χ2v) is 11.6. The SMILES string of the molecule is CC(=O)O[C@@H]1C[C@H]2[C@@H]3OC4=C(C=C3C=C[C@]2(C)[C@H]1c1ccc2ccncc2c1)C(=O)CC(CN(C)C)C4. The smallest absolute Gasteiger partial charge is 0.302 e. The maximum absolute atomic E-state index is 13.0. The summed E-state index contributed by atoms with van der Waals surface area (Å²) < 4.78 is 12.7. The van der Waals surface area contributed by atoms with E-state index in [1.54, 1.807) is 6.20 Å². The second kappa shape index (κ2) is 8.95. The summed E-state index contributed by atoms with van der Waals surface area (Å²) in [4.78, 5) is 31.6. The molecule has 37 heavy (non-hydrogen) atoms. The number of ketones is 1. The van der Waals surface area contributed by atoms with Gasteiger partial charge in [0.1, 0.15) is 18.0 Å². The van der Waals surface area contributed by atoms with Gasteiger partial charge in [0.05, 0.1) is 5.57 Å². The molecule has 0 radical (unpaired) electrons. The molecule has 0 saturated heterocycles. The number of pyridine rings is 1. The van der Waals surface area contributed by atoms with Crippen molar-refractivity contribution in [3.63, 3.8) is 0 Å². The van der Waals surface area contributed by atoms with Crippen LogP contribution in [0.1, 0.15) is 44.6 Å². The third kappa shape index (κ3) is 4.11. The van der Waals surface area contributed by atoms with Crippen LogP contribution < -0.4 is 0 Å². The van der Waals surface area contributed by atoms with Crippen molar-refractivity contribution in [3.05, 3.63) is 77.4 Å². The topological polar surface area (TPSA) is 68.7 Å². The van der Waals surface area contributed by atoms with E-state index in [0.29, 0.717) is 12.8 Å². The largest absolute Gasteiger partial charge is 0.489 e. The van der Waals surface area contributed by atoms with Crippen molar-refractivity contribution in [1.29, 1.82) is 0 Å². The number of allylic oxidation sites excluding steroid dienone is 4. The summed E-state index contributed by atoms with van der Waals surface area (Å²) >= 11 is 0. The van der Waals surface area contributed by atoms with Crippen LogP contribution in [-0.2, 0) is 19.1 Å². The van der Waals surface area contributed by atoms with Crippen molar-refractivity contribution in [2.45, 2.75) is 51.2 Å². The van der Waals surface area contributed by atoms with Crippen LogP contribution in [0, 0.1) is 17.3 Å². The number of Topliss-reactive ketones (excluding diaryl/α,β-unsaturated/α-hetero) is 1. The zero-order chi connectivity index (χ0) is 25.9. The van der Waals surface area contributed by atoms with E-state index in [-0.39, 0.29) is 47.1 Å². The van der Waals surface area contributed by atoms with Crippen molar-refractivity contribution in [1.82, 2.24) is 9.88 Å². The molecule has 6 heteroatoms. The molecule has 3 aliphatic carbocycles. The molecular formula is C31H34N2O4. The highest BCUT2D eigenvalue weighted by atomic mass is 16.5. The number of fused-ring (bicyclic) bond motifs is 4. The van der Waals surface area contributed by atoms with Gasteiger partial charge in [0.15, 0.2) is 5.78 Å². The average molecular weight is 499 g/mol. The summed E-state index contributed by atoms with van der Waals surface area (Å²) in [6, 6.07) is 8.47. The normalized spacial score (nSPS) is 32.5. The fourth-order valence-corrected chi connectivity index (χ4v) is 7.24. The van der Waals surface area contributed by atoms with Gasteiger partial charge in [-0.15, -0.1) is 0 Å². The molecule has 1 fully saturated rings. The van der Waals surface area contributed by atoms with Crippen LogP contribution in [0.25, 0.3) is 10.8 Å². The second-order valence-electron chi connectivity index (χ2n) is 11.6. The summed E-state index contributed by atoms with van der Waals surface area (Å²) in [7, 11) is 4.09. The lowest BCUT2D eigenvalue weighted by molar-refractivity contribution is -0.147. The third-order valence-corrected chi connectivity index (χ3v) is 8.75. The number of benzene rings is 1. The molecule has 1 aliphatic heterocycles. The summed E-state index contributed by atoms with van der Waals surface area (Å²) in [6.07, 6.45) is 11.8. The van der Waals surface area contributed by atoms with Gasteiger partial charge in [0.25, 0.3) is 0 Å². The summed E-state index contributed by atoms with van der Waals surface area (Å²) in [5.41, 5.74) is 2.65. The summed E-state index contributed by atoms with van der Waals surface area (Å²) in [5.74, 6) is 1.10. The maximum atomic E-state index is 13.0. The zero-order valence-corrected chi connectivity index (χ0v) is 21.9.